The Kier molecular flexibility index (Phi) is 4.18. The minimum atomic E-state index is 0.651. The Bertz CT molecular complexity index is 1040. The zero-order valence-corrected chi connectivity index (χ0v) is 15.2. The Labute approximate surface area is 158 Å². The quantitative estimate of drug-likeness (QED) is 0.592. The van der Waals surface area contributed by atoms with E-state index in [-0.39, 0.29) is 0 Å². The number of nitrogens with zero attached hydrogens (tertiary/aromatic N) is 3. The summed E-state index contributed by atoms with van der Waals surface area (Å²) in [5.41, 5.74) is 5.74. The molecule has 2 aromatic carbocycles. The van der Waals surface area contributed by atoms with Crippen LogP contribution >= 0.6 is 0 Å². The van der Waals surface area contributed by atoms with Crippen molar-refractivity contribution in [3.63, 3.8) is 0 Å². The second kappa shape index (κ2) is 6.97. The Morgan fingerprint density at radius 1 is 0.926 bits per heavy atom. The van der Waals surface area contributed by atoms with Crippen molar-refractivity contribution in [2.45, 2.75) is 13.0 Å². The van der Waals surface area contributed by atoms with Crippen LogP contribution in [0, 0.1) is 5.92 Å². The summed E-state index contributed by atoms with van der Waals surface area (Å²) in [6, 6.07) is 21.3. The first-order valence-electron chi connectivity index (χ1n) is 9.55. The van der Waals surface area contributed by atoms with Gasteiger partial charge in [-0.1, -0.05) is 54.6 Å². The van der Waals surface area contributed by atoms with E-state index < -0.39 is 0 Å². The van der Waals surface area contributed by atoms with Gasteiger partial charge in [-0.2, -0.15) is 0 Å². The van der Waals surface area contributed by atoms with Gasteiger partial charge in [-0.3, -0.25) is 4.98 Å². The molecule has 134 valence electrons. The normalized spacial score (nSPS) is 16.8. The molecular formula is C23H22N4. The van der Waals surface area contributed by atoms with Crippen molar-refractivity contribution in [2.24, 2.45) is 5.92 Å². The summed E-state index contributed by atoms with van der Waals surface area (Å²) in [5, 5.41) is 3.47. The van der Waals surface area contributed by atoms with Crippen LogP contribution in [0.5, 0.6) is 0 Å². The van der Waals surface area contributed by atoms with Crippen LogP contribution in [-0.4, -0.2) is 27.6 Å². The van der Waals surface area contributed by atoms with E-state index in [0.29, 0.717) is 5.92 Å². The van der Waals surface area contributed by atoms with E-state index in [2.05, 4.69) is 69.5 Å². The maximum absolute atomic E-state index is 4.91. The molecule has 0 spiro atoms. The van der Waals surface area contributed by atoms with E-state index in [4.69, 9.17) is 4.98 Å². The van der Waals surface area contributed by atoms with E-state index >= 15 is 0 Å². The van der Waals surface area contributed by atoms with Gasteiger partial charge in [-0.25, -0.2) is 4.98 Å². The molecule has 1 fully saturated rings. The van der Waals surface area contributed by atoms with Crippen LogP contribution in [0.2, 0.25) is 0 Å². The standard InChI is InChI=1S/C23H22N4/c1-2-4-18(5-3-1)19-6-8-20(9-7-19)23-26-21-15-25-13-11-22(21)27(23)16-17-10-12-24-14-17/h1-9,11,13,15,17,24H,10,12,14,16H2/t17-/m1/s1. The van der Waals surface area contributed by atoms with E-state index in [1.54, 1.807) is 0 Å². The highest BCUT2D eigenvalue weighted by atomic mass is 15.1. The molecule has 0 unspecified atom stereocenters. The van der Waals surface area contributed by atoms with Crippen LogP contribution < -0.4 is 5.32 Å². The fraction of sp³-hybridized carbons (Fsp3) is 0.217. The van der Waals surface area contributed by atoms with Crippen molar-refractivity contribution in [1.82, 2.24) is 19.9 Å². The van der Waals surface area contributed by atoms with Crippen molar-refractivity contribution in [3.05, 3.63) is 73.1 Å². The number of fused-ring (bicyclic) bond motifs is 1. The fourth-order valence-electron chi connectivity index (χ4n) is 3.96. The summed E-state index contributed by atoms with van der Waals surface area (Å²) in [5.74, 6) is 1.68. The number of rotatable bonds is 4. The van der Waals surface area contributed by atoms with Crippen molar-refractivity contribution >= 4 is 11.0 Å². The molecule has 5 rings (SSSR count). The van der Waals surface area contributed by atoms with Crippen LogP contribution in [0.4, 0.5) is 0 Å². The monoisotopic (exact) mass is 354 g/mol. The topological polar surface area (TPSA) is 42.7 Å². The predicted molar refractivity (Wildman–Crippen MR) is 109 cm³/mol. The molecule has 0 aliphatic carbocycles. The molecule has 0 amide bonds. The maximum atomic E-state index is 4.91. The van der Waals surface area contributed by atoms with Crippen LogP contribution in [0.3, 0.4) is 0 Å². The molecule has 1 saturated heterocycles. The van der Waals surface area contributed by atoms with Crippen LogP contribution in [-0.2, 0) is 6.54 Å². The van der Waals surface area contributed by atoms with E-state index in [9.17, 15) is 0 Å². The summed E-state index contributed by atoms with van der Waals surface area (Å²) in [4.78, 5) is 9.17. The van der Waals surface area contributed by atoms with Gasteiger partial charge in [-0.05, 0) is 42.6 Å². The summed E-state index contributed by atoms with van der Waals surface area (Å²) in [7, 11) is 0. The van der Waals surface area contributed by atoms with E-state index in [1.807, 2.05) is 18.5 Å². The molecular weight excluding hydrogens is 332 g/mol. The molecule has 1 aliphatic rings. The lowest BCUT2D eigenvalue weighted by molar-refractivity contribution is 0.492. The minimum Gasteiger partial charge on any atom is -0.324 e. The molecule has 2 aromatic heterocycles. The highest BCUT2D eigenvalue weighted by Crippen LogP contribution is 2.28. The van der Waals surface area contributed by atoms with Gasteiger partial charge in [0.15, 0.2) is 0 Å². The average Bonchev–Trinajstić information content (AvgIpc) is 3.38. The van der Waals surface area contributed by atoms with E-state index in [0.717, 1.165) is 36.5 Å². The number of pyridine rings is 1. The SMILES string of the molecule is c1ccc(-c2ccc(-c3nc4cnccc4n3C[C@@H]3CCNC3)cc2)cc1. The first kappa shape index (κ1) is 16.2. The van der Waals surface area contributed by atoms with E-state index in [1.165, 1.54) is 23.1 Å². The molecule has 1 atom stereocenters. The fourth-order valence-corrected chi connectivity index (χ4v) is 3.96. The summed E-state index contributed by atoms with van der Waals surface area (Å²) in [6.45, 7) is 3.18. The van der Waals surface area contributed by atoms with Crippen molar-refractivity contribution < 1.29 is 0 Å². The number of nitrogens with one attached hydrogen (secondary N) is 1. The molecule has 27 heavy (non-hydrogen) atoms. The molecule has 1 N–H and O–H groups in total. The Morgan fingerprint density at radius 2 is 1.70 bits per heavy atom. The van der Waals surface area contributed by atoms with Crippen LogP contribution in [0.1, 0.15) is 6.42 Å². The molecule has 4 nitrogen and oxygen atoms in total. The molecule has 4 heteroatoms. The first-order chi connectivity index (χ1) is 13.4. The Balaban J connectivity index is 1.55. The lowest BCUT2D eigenvalue weighted by atomic mass is 10.0. The summed E-state index contributed by atoms with van der Waals surface area (Å²) >= 11 is 0. The Morgan fingerprint density at radius 3 is 2.48 bits per heavy atom. The van der Waals surface area contributed by atoms with Gasteiger partial charge < -0.3 is 9.88 Å². The number of hydrogen-bond acceptors (Lipinski definition) is 3. The molecule has 4 aromatic rings. The average molecular weight is 354 g/mol. The zero-order chi connectivity index (χ0) is 18.1. The summed E-state index contributed by atoms with van der Waals surface area (Å²) < 4.78 is 2.37. The smallest absolute Gasteiger partial charge is 0.141 e. The largest absolute Gasteiger partial charge is 0.324 e. The van der Waals surface area contributed by atoms with Gasteiger partial charge in [0, 0.05) is 18.3 Å². The zero-order valence-electron chi connectivity index (χ0n) is 15.2. The summed E-state index contributed by atoms with van der Waals surface area (Å²) in [6.07, 6.45) is 4.94. The van der Waals surface area contributed by atoms with Crippen LogP contribution in [0.15, 0.2) is 73.1 Å². The number of hydrogen-bond donors (Lipinski definition) is 1. The van der Waals surface area contributed by atoms with Gasteiger partial charge in [0.25, 0.3) is 0 Å². The van der Waals surface area contributed by atoms with Crippen molar-refractivity contribution in [3.8, 4) is 22.5 Å². The van der Waals surface area contributed by atoms with Gasteiger partial charge in [0.2, 0.25) is 0 Å². The molecule has 0 radical (unpaired) electrons. The number of imidazole rings is 1. The molecule has 0 saturated carbocycles. The third kappa shape index (κ3) is 3.13. The van der Waals surface area contributed by atoms with Gasteiger partial charge >= 0.3 is 0 Å². The third-order valence-electron chi connectivity index (χ3n) is 5.40. The predicted octanol–water partition coefficient (Wildman–Crippen LogP) is 4.37. The van der Waals surface area contributed by atoms with Gasteiger partial charge in [0.1, 0.15) is 11.3 Å². The molecule has 3 heterocycles. The van der Waals surface area contributed by atoms with Gasteiger partial charge in [0.05, 0.1) is 11.7 Å². The number of benzene rings is 2. The van der Waals surface area contributed by atoms with Crippen molar-refractivity contribution in [1.29, 1.82) is 0 Å². The minimum absolute atomic E-state index is 0.651. The second-order valence-corrected chi connectivity index (χ2v) is 7.21. The highest BCUT2D eigenvalue weighted by molar-refractivity contribution is 5.80. The van der Waals surface area contributed by atoms with Gasteiger partial charge in [-0.15, -0.1) is 0 Å². The number of aromatic nitrogens is 3. The lowest BCUT2D eigenvalue weighted by Crippen LogP contribution is -2.15. The lowest BCUT2D eigenvalue weighted by Gasteiger charge is -2.14. The van der Waals surface area contributed by atoms with Crippen LogP contribution in [0.25, 0.3) is 33.5 Å². The maximum Gasteiger partial charge on any atom is 0.141 e. The van der Waals surface area contributed by atoms with Crippen molar-refractivity contribution in [2.75, 3.05) is 13.1 Å². The second-order valence-electron chi connectivity index (χ2n) is 7.21. The first-order valence-corrected chi connectivity index (χ1v) is 9.55. The third-order valence-corrected chi connectivity index (χ3v) is 5.40. The highest BCUT2D eigenvalue weighted by Gasteiger charge is 2.19. The molecule has 0 bridgehead atoms. The Hall–Kier alpha value is -2.98. The molecule has 1 aliphatic heterocycles.